The predicted molar refractivity (Wildman–Crippen MR) is 68.3 cm³/mol. The lowest BCUT2D eigenvalue weighted by Gasteiger charge is -2.20. The fraction of sp³-hybridized carbons (Fsp3) is 0.429. The molecule has 1 aromatic heterocycles. The molecule has 0 saturated carbocycles. The van der Waals surface area contributed by atoms with Crippen molar-refractivity contribution in [1.29, 1.82) is 0 Å². The first-order valence-corrected chi connectivity index (χ1v) is 6.47. The van der Waals surface area contributed by atoms with Crippen molar-refractivity contribution in [1.82, 2.24) is 4.98 Å². The summed E-state index contributed by atoms with van der Waals surface area (Å²) in [6, 6.07) is 4.72. The van der Waals surface area contributed by atoms with Gasteiger partial charge in [0.25, 0.3) is 0 Å². The Bertz CT molecular complexity index is 599. The van der Waals surface area contributed by atoms with Gasteiger partial charge in [-0.2, -0.15) is 0 Å². The van der Waals surface area contributed by atoms with E-state index in [1.165, 1.54) is 18.6 Å². The van der Waals surface area contributed by atoms with Crippen LogP contribution in [0.2, 0.25) is 0 Å². The van der Waals surface area contributed by atoms with Crippen LogP contribution >= 0.6 is 0 Å². The number of carboxylic acids is 1. The number of oxazole rings is 1. The summed E-state index contributed by atoms with van der Waals surface area (Å²) in [6.45, 7) is 0.800. The van der Waals surface area contributed by atoms with Gasteiger partial charge in [-0.1, -0.05) is 0 Å². The minimum atomic E-state index is -0.963. The molecule has 1 aliphatic rings. The van der Waals surface area contributed by atoms with E-state index in [4.69, 9.17) is 14.3 Å². The molecule has 0 amide bonds. The monoisotopic (exact) mass is 261 g/mol. The summed E-state index contributed by atoms with van der Waals surface area (Å²) in [6.07, 6.45) is 4.14. The van der Waals surface area contributed by atoms with E-state index in [-0.39, 0.29) is 11.7 Å². The summed E-state index contributed by atoms with van der Waals surface area (Å²) < 4.78 is 11.3. The molecular weight excluding hydrogens is 246 g/mol. The topological polar surface area (TPSA) is 72.6 Å². The molecule has 0 aliphatic carbocycles. The highest BCUT2D eigenvalue weighted by atomic mass is 16.5. The van der Waals surface area contributed by atoms with Crippen molar-refractivity contribution in [3.05, 3.63) is 29.7 Å². The zero-order valence-electron chi connectivity index (χ0n) is 10.5. The average Bonchev–Trinajstić information content (AvgIpc) is 2.80. The van der Waals surface area contributed by atoms with E-state index in [1.54, 1.807) is 6.07 Å². The largest absolute Gasteiger partial charge is 0.478 e. The number of benzene rings is 1. The smallest absolute Gasteiger partial charge is 0.335 e. The third kappa shape index (κ3) is 2.61. The van der Waals surface area contributed by atoms with Gasteiger partial charge >= 0.3 is 5.97 Å². The van der Waals surface area contributed by atoms with E-state index in [1.807, 2.05) is 0 Å². The normalized spacial score (nSPS) is 19.7. The molecule has 100 valence electrons. The highest BCUT2D eigenvalue weighted by molar-refractivity contribution is 5.91. The molecule has 1 aromatic carbocycles. The predicted octanol–water partition coefficient (Wildman–Crippen LogP) is 2.64. The number of hydrogen-bond acceptors (Lipinski definition) is 4. The van der Waals surface area contributed by atoms with Gasteiger partial charge in [0, 0.05) is 6.61 Å². The standard InChI is InChI=1S/C14H15NO4/c16-14(17)9-4-5-11-12(7-9)19-13(15-11)8-10-3-1-2-6-18-10/h4-5,7,10H,1-3,6,8H2,(H,16,17). The third-order valence-corrected chi connectivity index (χ3v) is 3.36. The van der Waals surface area contributed by atoms with Crippen LogP contribution in [0.4, 0.5) is 0 Å². The maximum Gasteiger partial charge on any atom is 0.335 e. The summed E-state index contributed by atoms with van der Waals surface area (Å²) >= 11 is 0. The van der Waals surface area contributed by atoms with Gasteiger partial charge in [0.1, 0.15) is 5.52 Å². The number of hydrogen-bond donors (Lipinski definition) is 1. The summed E-state index contributed by atoms with van der Waals surface area (Å²) in [4.78, 5) is 15.3. The minimum Gasteiger partial charge on any atom is -0.478 e. The molecular formula is C14H15NO4. The molecule has 2 heterocycles. The fourth-order valence-corrected chi connectivity index (χ4v) is 2.36. The number of fused-ring (bicyclic) bond motifs is 1. The van der Waals surface area contributed by atoms with Crippen LogP contribution in [0.15, 0.2) is 22.6 Å². The van der Waals surface area contributed by atoms with Gasteiger partial charge < -0.3 is 14.3 Å². The molecule has 3 rings (SSSR count). The molecule has 0 spiro atoms. The summed E-state index contributed by atoms with van der Waals surface area (Å²) in [7, 11) is 0. The molecule has 5 nitrogen and oxygen atoms in total. The van der Waals surface area contributed by atoms with Gasteiger partial charge in [-0.05, 0) is 37.5 Å². The molecule has 5 heteroatoms. The molecule has 0 radical (unpaired) electrons. The quantitative estimate of drug-likeness (QED) is 0.919. The van der Waals surface area contributed by atoms with Crippen LogP contribution in [0.3, 0.4) is 0 Å². The average molecular weight is 261 g/mol. The molecule has 1 saturated heterocycles. The highest BCUT2D eigenvalue weighted by Gasteiger charge is 2.18. The van der Waals surface area contributed by atoms with E-state index in [9.17, 15) is 4.79 Å². The molecule has 19 heavy (non-hydrogen) atoms. The Balaban J connectivity index is 1.82. The van der Waals surface area contributed by atoms with Crippen LogP contribution in [0.5, 0.6) is 0 Å². The lowest BCUT2D eigenvalue weighted by molar-refractivity contribution is 0.0134. The molecule has 1 fully saturated rings. The number of carboxylic acid groups (broad SMARTS) is 1. The number of rotatable bonds is 3. The Morgan fingerprint density at radius 3 is 3.05 bits per heavy atom. The molecule has 1 N–H and O–H groups in total. The number of carbonyl (C=O) groups is 1. The molecule has 1 unspecified atom stereocenters. The Labute approximate surface area is 110 Å². The molecule has 0 bridgehead atoms. The SMILES string of the molecule is O=C(O)c1ccc2nc(CC3CCCCO3)oc2c1. The van der Waals surface area contributed by atoms with Gasteiger partial charge in [-0.3, -0.25) is 0 Å². The summed E-state index contributed by atoms with van der Waals surface area (Å²) in [5.41, 5.74) is 1.42. The van der Waals surface area contributed by atoms with Gasteiger partial charge in [0.15, 0.2) is 11.5 Å². The maximum absolute atomic E-state index is 10.9. The Morgan fingerprint density at radius 2 is 2.32 bits per heavy atom. The number of ether oxygens (including phenoxy) is 1. The maximum atomic E-state index is 10.9. The van der Waals surface area contributed by atoms with Crippen molar-refractivity contribution >= 4 is 17.1 Å². The number of nitrogens with zero attached hydrogens (tertiary/aromatic N) is 1. The van der Waals surface area contributed by atoms with Crippen molar-refractivity contribution in [2.24, 2.45) is 0 Å². The second-order valence-corrected chi connectivity index (χ2v) is 4.79. The number of aromatic carboxylic acids is 1. The van der Waals surface area contributed by atoms with Crippen LogP contribution in [-0.4, -0.2) is 28.8 Å². The van der Waals surface area contributed by atoms with Crippen LogP contribution in [-0.2, 0) is 11.2 Å². The zero-order valence-corrected chi connectivity index (χ0v) is 10.5. The van der Waals surface area contributed by atoms with Gasteiger partial charge in [0.05, 0.1) is 18.1 Å². The van der Waals surface area contributed by atoms with Crippen molar-refractivity contribution < 1.29 is 19.1 Å². The van der Waals surface area contributed by atoms with Crippen molar-refractivity contribution in [3.8, 4) is 0 Å². The van der Waals surface area contributed by atoms with Crippen LogP contribution in [0.1, 0.15) is 35.5 Å². The Hall–Kier alpha value is -1.88. The second-order valence-electron chi connectivity index (χ2n) is 4.79. The first-order chi connectivity index (χ1) is 9.22. The lowest BCUT2D eigenvalue weighted by atomic mass is 10.1. The van der Waals surface area contributed by atoms with Crippen molar-refractivity contribution in [2.75, 3.05) is 6.61 Å². The fourth-order valence-electron chi connectivity index (χ4n) is 2.36. The number of aromatic nitrogens is 1. The lowest BCUT2D eigenvalue weighted by Crippen LogP contribution is -2.21. The minimum absolute atomic E-state index is 0.167. The zero-order chi connectivity index (χ0) is 13.2. The van der Waals surface area contributed by atoms with Crippen LogP contribution in [0, 0.1) is 0 Å². The highest BCUT2D eigenvalue weighted by Crippen LogP contribution is 2.21. The van der Waals surface area contributed by atoms with E-state index in [0.29, 0.717) is 23.4 Å². The van der Waals surface area contributed by atoms with Crippen LogP contribution < -0.4 is 0 Å². The van der Waals surface area contributed by atoms with E-state index >= 15 is 0 Å². The summed E-state index contributed by atoms with van der Waals surface area (Å²) in [5, 5.41) is 8.93. The first-order valence-electron chi connectivity index (χ1n) is 6.47. The molecule has 1 atom stereocenters. The third-order valence-electron chi connectivity index (χ3n) is 3.36. The van der Waals surface area contributed by atoms with E-state index in [2.05, 4.69) is 4.98 Å². The molecule has 1 aliphatic heterocycles. The first kappa shape index (κ1) is 12.2. The van der Waals surface area contributed by atoms with Gasteiger partial charge in [-0.15, -0.1) is 0 Å². The van der Waals surface area contributed by atoms with Crippen LogP contribution in [0.25, 0.3) is 11.1 Å². The summed E-state index contributed by atoms with van der Waals surface area (Å²) in [5.74, 6) is -0.347. The second kappa shape index (κ2) is 5.01. The molecule has 2 aromatic rings. The van der Waals surface area contributed by atoms with E-state index < -0.39 is 5.97 Å². The Morgan fingerprint density at radius 1 is 1.42 bits per heavy atom. The van der Waals surface area contributed by atoms with Crippen molar-refractivity contribution in [2.45, 2.75) is 31.8 Å². The van der Waals surface area contributed by atoms with E-state index in [0.717, 1.165) is 19.4 Å². The van der Waals surface area contributed by atoms with Crippen molar-refractivity contribution in [3.63, 3.8) is 0 Å². The van der Waals surface area contributed by atoms with Gasteiger partial charge in [0.2, 0.25) is 0 Å². The van der Waals surface area contributed by atoms with Gasteiger partial charge in [-0.25, -0.2) is 9.78 Å². The Kier molecular flexibility index (Phi) is 3.21.